The number of hydrogen-bond acceptors (Lipinski definition) is 1. The van der Waals surface area contributed by atoms with E-state index in [0.717, 1.165) is 11.3 Å². The molecule has 0 spiro atoms. The Bertz CT molecular complexity index is 397. The summed E-state index contributed by atoms with van der Waals surface area (Å²) in [5.74, 6) is 0.836. The Labute approximate surface area is 113 Å². The first kappa shape index (κ1) is 13.0. The first-order valence-electron chi connectivity index (χ1n) is 6.04. The van der Waals surface area contributed by atoms with Crippen LogP contribution in [0.25, 0.3) is 0 Å². The van der Waals surface area contributed by atoms with Crippen LogP contribution in [0.1, 0.15) is 43.5 Å². The summed E-state index contributed by atoms with van der Waals surface area (Å²) in [4.78, 5) is 0. The second-order valence-electron chi connectivity index (χ2n) is 5.11. The fourth-order valence-corrected chi connectivity index (χ4v) is 3.28. The zero-order valence-corrected chi connectivity index (χ0v) is 11.8. The van der Waals surface area contributed by atoms with Crippen LogP contribution in [0.2, 0.25) is 5.02 Å². The number of hydrogen-bond donors (Lipinski definition) is 0. The fourth-order valence-electron chi connectivity index (χ4n) is 2.71. The Balaban J connectivity index is 2.35. The zero-order valence-electron chi connectivity index (χ0n) is 10.3. The lowest BCUT2D eigenvalue weighted by atomic mass is 9.81. The van der Waals surface area contributed by atoms with Crippen molar-refractivity contribution in [3.05, 3.63) is 28.8 Å². The zero-order chi connectivity index (χ0) is 12.5. The van der Waals surface area contributed by atoms with E-state index >= 15 is 0 Å². The number of ether oxygens (including phenoxy) is 1. The topological polar surface area (TPSA) is 9.23 Å². The van der Waals surface area contributed by atoms with Crippen molar-refractivity contribution in [3.8, 4) is 5.75 Å². The molecule has 0 N–H and O–H groups in total. The Morgan fingerprint density at radius 3 is 2.53 bits per heavy atom. The maximum Gasteiger partial charge on any atom is 0.123 e. The van der Waals surface area contributed by atoms with Gasteiger partial charge in [0.25, 0.3) is 0 Å². The van der Waals surface area contributed by atoms with Gasteiger partial charge in [0.05, 0.1) is 12.5 Å². The molecule has 1 atom stereocenters. The molecule has 1 aromatic carbocycles. The van der Waals surface area contributed by atoms with E-state index in [-0.39, 0.29) is 10.8 Å². The number of benzene rings is 1. The van der Waals surface area contributed by atoms with E-state index in [1.165, 1.54) is 25.7 Å². The van der Waals surface area contributed by atoms with Crippen LogP contribution < -0.4 is 4.74 Å². The van der Waals surface area contributed by atoms with Gasteiger partial charge in [-0.15, -0.1) is 11.6 Å². The van der Waals surface area contributed by atoms with Crippen molar-refractivity contribution in [1.82, 2.24) is 0 Å². The maximum atomic E-state index is 6.67. The average Bonchev–Trinajstić information content (AvgIpc) is 2.76. The highest BCUT2D eigenvalue weighted by atomic mass is 35.5. The van der Waals surface area contributed by atoms with Gasteiger partial charge in [-0.1, -0.05) is 31.4 Å². The van der Waals surface area contributed by atoms with E-state index < -0.39 is 0 Å². The Morgan fingerprint density at radius 2 is 1.94 bits per heavy atom. The predicted octanol–water partition coefficient (Wildman–Crippen LogP) is 5.21. The highest BCUT2D eigenvalue weighted by molar-refractivity contribution is 6.31. The molecular weight excluding hydrogens is 255 g/mol. The molecule has 0 aliphatic heterocycles. The third-order valence-corrected chi connectivity index (χ3v) is 4.82. The normalized spacial score (nSPS) is 20.2. The summed E-state index contributed by atoms with van der Waals surface area (Å²) < 4.78 is 5.38. The molecule has 1 aliphatic rings. The van der Waals surface area contributed by atoms with Crippen LogP contribution >= 0.6 is 23.2 Å². The minimum Gasteiger partial charge on any atom is -0.496 e. The summed E-state index contributed by atoms with van der Waals surface area (Å²) in [6.07, 6.45) is 4.89. The number of alkyl halides is 1. The van der Waals surface area contributed by atoms with Gasteiger partial charge in [0, 0.05) is 10.6 Å². The third-order valence-electron chi connectivity index (χ3n) is 3.82. The molecule has 94 valence electrons. The van der Waals surface area contributed by atoms with Crippen LogP contribution in [0.4, 0.5) is 0 Å². The SMILES string of the molecule is COc1ccc(Cl)cc1C(Cl)C1(C)CCCC1. The lowest BCUT2D eigenvalue weighted by Gasteiger charge is -2.30. The highest BCUT2D eigenvalue weighted by Gasteiger charge is 2.38. The third kappa shape index (κ3) is 2.56. The summed E-state index contributed by atoms with van der Waals surface area (Å²) in [7, 11) is 1.67. The van der Waals surface area contributed by atoms with Crippen molar-refractivity contribution < 1.29 is 4.74 Å². The largest absolute Gasteiger partial charge is 0.496 e. The average molecular weight is 273 g/mol. The molecule has 0 bridgehead atoms. The highest BCUT2D eigenvalue weighted by Crippen LogP contribution is 2.52. The van der Waals surface area contributed by atoms with Crippen LogP contribution in [0, 0.1) is 5.41 Å². The van der Waals surface area contributed by atoms with Gasteiger partial charge in [0.1, 0.15) is 5.75 Å². The monoisotopic (exact) mass is 272 g/mol. The van der Waals surface area contributed by atoms with Crippen molar-refractivity contribution >= 4 is 23.2 Å². The quantitative estimate of drug-likeness (QED) is 0.687. The van der Waals surface area contributed by atoms with Gasteiger partial charge in [0.2, 0.25) is 0 Å². The molecule has 0 saturated heterocycles. The summed E-state index contributed by atoms with van der Waals surface area (Å²) in [6.45, 7) is 2.26. The molecule has 1 fully saturated rings. The molecule has 3 heteroatoms. The van der Waals surface area contributed by atoms with E-state index in [1.807, 2.05) is 18.2 Å². The van der Waals surface area contributed by atoms with E-state index in [2.05, 4.69) is 6.92 Å². The molecule has 17 heavy (non-hydrogen) atoms. The Hall–Kier alpha value is -0.400. The van der Waals surface area contributed by atoms with Gasteiger partial charge < -0.3 is 4.74 Å². The summed E-state index contributed by atoms with van der Waals surface area (Å²) in [5, 5.41) is 0.687. The number of methoxy groups -OCH3 is 1. The van der Waals surface area contributed by atoms with E-state index in [9.17, 15) is 0 Å². The van der Waals surface area contributed by atoms with Crippen LogP contribution in [0.5, 0.6) is 5.75 Å². The molecule has 2 rings (SSSR count). The number of rotatable bonds is 3. The maximum absolute atomic E-state index is 6.67. The van der Waals surface area contributed by atoms with Gasteiger partial charge in [0.15, 0.2) is 0 Å². The summed E-state index contributed by atoms with van der Waals surface area (Å²) in [5.41, 5.74) is 1.19. The Morgan fingerprint density at radius 1 is 1.29 bits per heavy atom. The molecule has 1 aromatic rings. The molecule has 0 radical (unpaired) electrons. The minimum absolute atomic E-state index is 0.0290. The van der Waals surface area contributed by atoms with Crippen molar-refractivity contribution in [2.75, 3.05) is 7.11 Å². The standard InChI is InChI=1S/C14H18Cl2O/c1-14(7-3-4-8-14)13(16)11-9-10(15)5-6-12(11)17-2/h5-6,9,13H,3-4,7-8H2,1-2H3. The first-order valence-corrected chi connectivity index (χ1v) is 6.86. The number of halogens is 2. The van der Waals surface area contributed by atoms with Gasteiger partial charge in [-0.2, -0.15) is 0 Å². The van der Waals surface area contributed by atoms with Crippen LogP contribution in [0.15, 0.2) is 18.2 Å². The molecule has 0 amide bonds. The second-order valence-corrected chi connectivity index (χ2v) is 5.98. The summed E-state index contributed by atoms with van der Waals surface area (Å²) >= 11 is 12.7. The van der Waals surface area contributed by atoms with Crippen molar-refractivity contribution in [2.45, 2.75) is 38.0 Å². The van der Waals surface area contributed by atoms with Crippen molar-refractivity contribution in [3.63, 3.8) is 0 Å². The molecule has 1 nitrogen and oxygen atoms in total. The Kier molecular flexibility index (Phi) is 3.89. The molecule has 0 heterocycles. The second kappa shape index (κ2) is 5.07. The van der Waals surface area contributed by atoms with Crippen LogP contribution in [-0.4, -0.2) is 7.11 Å². The lowest BCUT2D eigenvalue weighted by Crippen LogP contribution is -2.18. The van der Waals surface area contributed by atoms with Crippen LogP contribution in [-0.2, 0) is 0 Å². The molecule has 1 aliphatic carbocycles. The van der Waals surface area contributed by atoms with Gasteiger partial charge >= 0.3 is 0 Å². The van der Waals surface area contributed by atoms with Gasteiger partial charge in [-0.25, -0.2) is 0 Å². The predicted molar refractivity (Wildman–Crippen MR) is 73.2 cm³/mol. The minimum atomic E-state index is -0.0290. The molecule has 0 aromatic heterocycles. The van der Waals surface area contributed by atoms with E-state index in [1.54, 1.807) is 7.11 Å². The van der Waals surface area contributed by atoms with E-state index in [4.69, 9.17) is 27.9 Å². The van der Waals surface area contributed by atoms with Gasteiger partial charge in [-0.05, 0) is 36.5 Å². The fraction of sp³-hybridized carbons (Fsp3) is 0.571. The van der Waals surface area contributed by atoms with Crippen LogP contribution in [0.3, 0.4) is 0 Å². The van der Waals surface area contributed by atoms with Crippen molar-refractivity contribution in [1.29, 1.82) is 0 Å². The summed E-state index contributed by atoms with van der Waals surface area (Å²) in [6, 6.07) is 5.66. The molecular formula is C14H18Cl2O. The molecule has 1 unspecified atom stereocenters. The smallest absolute Gasteiger partial charge is 0.123 e. The van der Waals surface area contributed by atoms with E-state index in [0.29, 0.717) is 5.02 Å². The first-order chi connectivity index (χ1) is 8.07. The molecule has 1 saturated carbocycles. The van der Waals surface area contributed by atoms with Gasteiger partial charge in [-0.3, -0.25) is 0 Å². The lowest BCUT2D eigenvalue weighted by molar-refractivity contribution is 0.313. The van der Waals surface area contributed by atoms with Crippen molar-refractivity contribution in [2.24, 2.45) is 5.41 Å².